The molecule has 0 saturated heterocycles. The van der Waals surface area contributed by atoms with Gasteiger partial charge in [-0.1, -0.05) is 35.9 Å². The van der Waals surface area contributed by atoms with Gasteiger partial charge in [0.05, 0.1) is 11.9 Å². The van der Waals surface area contributed by atoms with Crippen molar-refractivity contribution in [3.05, 3.63) is 77.4 Å². The quantitative estimate of drug-likeness (QED) is 0.573. The van der Waals surface area contributed by atoms with Crippen LogP contribution in [0, 0.1) is 0 Å². The van der Waals surface area contributed by atoms with Crippen LogP contribution in [-0.2, 0) is 6.54 Å². The van der Waals surface area contributed by atoms with Gasteiger partial charge < -0.3 is 10.4 Å². The summed E-state index contributed by atoms with van der Waals surface area (Å²) in [6, 6.07) is 18.5. The van der Waals surface area contributed by atoms with E-state index in [1.165, 1.54) is 0 Å². The van der Waals surface area contributed by atoms with Crippen LogP contribution in [0.5, 0.6) is 5.75 Å². The van der Waals surface area contributed by atoms with E-state index in [9.17, 15) is 5.11 Å². The van der Waals surface area contributed by atoms with Crippen molar-refractivity contribution in [1.82, 2.24) is 14.6 Å². The maximum absolute atomic E-state index is 9.70. The Balaban J connectivity index is 1.64. The summed E-state index contributed by atoms with van der Waals surface area (Å²) in [5, 5.41) is 18.3. The molecule has 25 heavy (non-hydrogen) atoms. The number of hydrogen-bond acceptors (Lipinski definition) is 4. The van der Waals surface area contributed by atoms with Crippen LogP contribution in [-0.4, -0.2) is 19.7 Å². The first-order valence-electron chi connectivity index (χ1n) is 7.81. The molecule has 0 saturated carbocycles. The molecule has 0 fully saturated rings. The lowest BCUT2D eigenvalue weighted by molar-refractivity contribution is 0.475. The molecule has 2 aromatic carbocycles. The highest BCUT2D eigenvalue weighted by Crippen LogP contribution is 2.24. The summed E-state index contributed by atoms with van der Waals surface area (Å²) in [4.78, 5) is 4.37. The number of rotatable bonds is 4. The second-order valence-electron chi connectivity index (χ2n) is 5.67. The van der Waals surface area contributed by atoms with Crippen LogP contribution in [0.1, 0.15) is 5.56 Å². The van der Waals surface area contributed by atoms with E-state index in [0.29, 0.717) is 11.6 Å². The van der Waals surface area contributed by atoms with Gasteiger partial charge in [0.15, 0.2) is 5.65 Å². The summed E-state index contributed by atoms with van der Waals surface area (Å²) < 4.78 is 1.76. The molecule has 0 radical (unpaired) electrons. The molecule has 5 nitrogen and oxygen atoms in total. The Morgan fingerprint density at radius 2 is 1.92 bits per heavy atom. The first kappa shape index (κ1) is 15.5. The molecule has 2 heterocycles. The minimum Gasteiger partial charge on any atom is -0.508 e. The van der Waals surface area contributed by atoms with Gasteiger partial charge in [-0.05, 0) is 42.0 Å². The Bertz CT molecular complexity index is 1040. The molecule has 0 aliphatic rings. The smallest absolute Gasteiger partial charge is 0.154 e. The van der Waals surface area contributed by atoms with E-state index >= 15 is 0 Å². The molecule has 0 bridgehead atoms. The fraction of sp³-hybridized carbons (Fsp3) is 0.0526. The number of imidazole rings is 1. The predicted octanol–water partition coefficient (Wildman–Crippen LogP) is 4.37. The third kappa shape index (κ3) is 3.27. The number of halogens is 1. The Morgan fingerprint density at radius 1 is 1.04 bits per heavy atom. The summed E-state index contributed by atoms with van der Waals surface area (Å²) in [7, 11) is 0. The second kappa shape index (κ2) is 6.45. The predicted molar refractivity (Wildman–Crippen MR) is 98.9 cm³/mol. The number of fused-ring (bicyclic) bond motifs is 1. The molecule has 0 aliphatic heterocycles. The standard InChI is InChI=1S/C19H15ClN4O/c20-15-5-1-3-13(9-15)11-21-18-7-8-19-22-12-17(24(19)23-18)14-4-2-6-16(25)10-14/h1-10,12,25H,11H2,(H,21,23). The van der Waals surface area contributed by atoms with Crippen molar-refractivity contribution in [3.8, 4) is 17.0 Å². The summed E-state index contributed by atoms with van der Waals surface area (Å²) >= 11 is 6.02. The molecule has 0 spiro atoms. The fourth-order valence-corrected chi connectivity index (χ4v) is 2.88. The van der Waals surface area contributed by atoms with Crippen molar-refractivity contribution in [3.63, 3.8) is 0 Å². The molecule has 0 atom stereocenters. The molecule has 124 valence electrons. The van der Waals surface area contributed by atoms with E-state index in [0.717, 1.165) is 28.3 Å². The summed E-state index contributed by atoms with van der Waals surface area (Å²) in [6.45, 7) is 0.620. The number of phenols is 1. The van der Waals surface area contributed by atoms with Gasteiger partial charge in [-0.15, -0.1) is 5.10 Å². The van der Waals surface area contributed by atoms with Crippen LogP contribution in [0.2, 0.25) is 5.02 Å². The molecular formula is C19H15ClN4O. The van der Waals surface area contributed by atoms with Crippen LogP contribution >= 0.6 is 11.6 Å². The first-order valence-corrected chi connectivity index (χ1v) is 8.19. The first-order chi connectivity index (χ1) is 12.2. The number of aromatic nitrogens is 3. The molecule has 0 unspecified atom stereocenters. The molecule has 6 heteroatoms. The largest absolute Gasteiger partial charge is 0.508 e. The maximum Gasteiger partial charge on any atom is 0.154 e. The van der Waals surface area contributed by atoms with E-state index in [1.54, 1.807) is 28.9 Å². The van der Waals surface area contributed by atoms with Gasteiger partial charge >= 0.3 is 0 Å². The Labute approximate surface area is 149 Å². The van der Waals surface area contributed by atoms with Gasteiger partial charge in [-0.3, -0.25) is 0 Å². The van der Waals surface area contributed by atoms with Crippen molar-refractivity contribution < 1.29 is 5.11 Å². The van der Waals surface area contributed by atoms with Crippen LogP contribution < -0.4 is 5.32 Å². The van der Waals surface area contributed by atoms with E-state index in [-0.39, 0.29) is 5.75 Å². The average molecular weight is 351 g/mol. The summed E-state index contributed by atoms with van der Waals surface area (Å²) in [5.74, 6) is 0.939. The zero-order chi connectivity index (χ0) is 17.2. The Kier molecular flexibility index (Phi) is 3.99. The lowest BCUT2D eigenvalue weighted by atomic mass is 10.1. The van der Waals surface area contributed by atoms with Crippen LogP contribution in [0.4, 0.5) is 5.82 Å². The van der Waals surface area contributed by atoms with Gasteiger partial charge in [0.25, 0.3) is 0 Å². The van der Waals surface area contributed by atoms with E-state index in [1.807, 2.05) is 42.5 Å². The van der Waals surface area contributed by atoms with Crippen LogP contribution in [0.3, 0.4) is 0 Å². The average Bonchev–Trinajstić information content (AvgIpc) is 3.03. The molecule has 2 aromatic heterocycles. The third-order valence-corrected chi connectivity index (χ3v) is 4.10. The number of nitrogens with one attached hydrogen (secondary N) is 1. The van der Waals surface area contributed by atoms with Gasteiger partial charge in [-0.25, -0.2) is 9.50 Å². The highest BCUT2D eigenvalue weighted by Gasteiger charge is 2.08. The van der Waals surface area contributed by atoms with Crippen LogP contribution in [0.15, 0.2) is 66.9 Å². The normalized spacial score (nSPS) is 10.9. The molecule has 0 aliphatic carbocycles. The van der Waals surface area contributed by atoms with E-state index in [2.05, 4.69) is 15.4 Å². The molecular weight excluding hydrogens is 336 g/mol. The van der Waals surface area contributed by atoms with Gasteiger partial charge in [0.1, 0.15) is 11.6 Å². The van der Waals surface area contributed by atoms with Crippen molar-refractivity contribution >= 4 is 23.1 Å². The number of aromatic hydroxyl groups is 1. The van der Waals surface area contributed by atoms with Crippen LogP contribution in [0.25, 0.3) is 16.9 Å². The number of benzene rings is 2. The summed E-state index contributed by atoms with van der Waals surface area (Å²) in [6.07, 6.45) is 1.75. The molecule has 2 N–H and O–H groups in total. The lowest BCUT2D eigenvalue weighted by Gasteiger charge is -2.08. The van der Waals surface area contributed by atoms with Crippen molar-refractivity contribution in [2.45, 2.75) is 6.54 Å². The van der Waals surface area contributed by atoms with Gasteiger partial charge in [0, 0.05) is 17.1 Å². The maximum atomic E-state index is 9.70. The zero-order valence-electron chi connectivity index (χ0n) is 13.2. The molecule has 4 aromatic rings. The fourth-order valence-electron chi connectivity index (χ4n) is 2.67. The number of hydrogen-bond donors (Lipinski definition) is 2. The number of nitrogens with zero attached hydrogens (tertiary/aromatic N) is 3. The minimum atomic E-state index is 0.211. The Hall–Kier alpha value is -3.05. The zero-order valence-corrected chi connectivity index (χ0v) is 14.0. The minimum absolute atomic E-state index is 0.211. The highest BCUT2D eigenvalue weighted by molar-refractivity contribution is 6.30. The van der Waals surface area contributed by atoms with E-state index in [4.69, 9.17) is 11.6 Å². The molecule has 0 amide bonds. The highest BCUT2D eigenvalue weighted by atomic mass is 35.5. The SMILES string of the molecule is Oc1cccc(-c2cnc3ccc(NCc4cccc(Cl)c4)nn23)c1. The van der Waals surface area contributed by atoms with E-state index < -0.39 is 0 Å². The second-order valence-corrected chi connectivity index (χ2v) is 6.10. The van der Waals surface area contributed by atoms with Crippen molar-refractivity contribution in [2.75, 3.05) is 5.32 Å². The third-order valence-electron chi connectivity index (χ3n) is 3.87. The topological polar surface area (TPSA) is 62.5 Å². The molecule has 4 rings (SSSR count). The lowest BCUT2D eigenvalue weighted by Crippen LogP contribution is -2.04. The van der Waals surface area contributed by atoms with Crippen molar-refractivity contribution in [2.24, 2.45) is 0 Å². The van der Waals surface area contributed by atoms with Gasteiger partial charge in [0.2, 0.25) is 0 Å². The monoisotopic (exact) mass is 350 g/mol. The summed E-state index contributed by atoms with van der Waals surface area (Å²) in [5.41, 5.74) is 3.49. The van der Waals surface area contributed by atoms with Crippen molar-refractivity contribution in [1.29, 1.82) is 0 Å². The number of phenolic OH excluding ortho intramolecular Hbond substituents is 1. The van der Waals surface area contributed by atoms with Gasteiger partial charge in [-0.2, -0.15) is 0 Å². The number of anilines is 1. The Morgan fingerprint density at radius 3 is 2.76 bits per heavy atom.